The molecule has 0 spiro atoms. The van der Waals surface area contributed by atoms with Crippen molar-refractivity contribution in [3.8, 4) is 0 Å². The average molecular weight is 472 g/mol. The number of hydrogen-bond donors (Lipinski definition) is 1. The maximum Gasteiger partial charge on any atom is 0.169 e. The Kier molecular flexibility index (Phi) is 6.70. The summed E-state index contributed by atoms with van der Waals surface area (Å²) in [5, 5.41) is 8.35. The van der Waals surface area contributed by atoms with Crippen LogP contribution in [0.1, 0.15) is 107 Å². The number of carbonyl (C=O) groups is 1. The number of nitrogens with one attached hydrogen (secondary N) is 1. The predicted molar refractivity (Wildman–Crippen MR) is 145 cm³/mol. The molecule has 1 aliphatic heterocycles. The van der Waals surface area contributed by atoms with Crippen molar-refractivity contribution in [3.63, 3.8) is 0 Å². The van der Waals surface area contributed by atoms with Gasteiger partial charge in [0, 0.05) is 11.8 Å². The monoisotopic (exact) mass is 471 g/mol. The molecule has 0 amide bonds. The molecule has 4 rings (SSSR count). The van der Waals surface area contributed by atoms with E-state index in [1.807, 2.05) is 10.7 Å². The van der Waals surface area contributed by atoms with Gasteiger partial charge in [-0.15, -0.1) is 0 Å². The van der Waals surface area contributed by atoms with Gasteiger partial charge in [-0.1, -0.05) is 89.2 Å². The van der Waals surface area contributed by atoms with Crippen LogP contribution in [0.2, 0.25) is 0 Å². The summed E-state index contributed by atoms with van der Waals surface area (Å²) in [4.78, 5) is 13.9. The first-order valence-electron chi connectivity index (χ1n) is 13.0. The van der Waals surface area contributed by atoms with Crippen molar-refractivity contribution in [2.75, 3.05) is 5.32 Å². The van der Waals surface area contributed by atoms with Gasteiger partial charge in [-0.2, -0.15) is 5.10 Å². The quantitative estimate of drug-likeness (QED) is 0.358. The number of ketones is 1. The van der Waals surface area contributed by atoms with Crippen molar-refractivity contribution < 1.29 is 4.79 Å². The molecule has 3 aromatic rings. The molecule has 0 saturated heterocycles. The molecule has 4 heteroatoms. The second kappa shape index (κ2) is 9.29. The molecule has 1 N–H and O–H groups in total. The topological polar surface area (TPSA) is 46.9 Å². The van der Waals surface area contributed by atoms with Gasteiger partial charge in [-0.25, -0.2) is 4.68 Å². The molecule has 0 unspecified atom stereocenters. The molecule has 1 aliphatic rings. The minimum Gasteiger partial charge on any atom is -0.363 e. The first-order valence-corrected chi connectivity index (χ1v) is 13.0. The van der Waals surface area contributed by atoms with E-state index in [0.717, 1.165) is 25.1 Å². The molecule has 35 heavy (non-hydrogen) atoms. The lowest BCUT2D eigenvalue weighted by Crippen LogP contribution is -2.38. The van der Waals surface area contributed by atoms with Crippen LogP contribution in [0.5, 0.6) is 0 Å². The van der Waals surface area contributed by atoms with E-state index in [2.05, 4.69) is 107 Å². The maximum absolute atomic E-state index is 13.9. The van der Waals surface area contributed by atoms with E-state index in [-0.39, 0.29) is 28.2 Å². The molecule has 2 heterocycles. The number of fused-ring (bicyclic) bond motifs is 1. The molecule has 186 valence electrons. The summed E-state index contributed by atoms with van der Waals surface area (Å²) in [6.45, 7) is 15.5. The second-order valence-corrected chi connectivity index (χ2v) is 11.9. The zero-order chi connectivity index (χ0) is 25.4. The van der Waals surface area contributed by atoms with E-state index in [4.69, 9.17) is 0 Å². The molecule has 1 aromatic heterocycles. The van der Waals surface area contributed by atoms with Gasteiger partial charge in [0.1, 0.15) is 5.82 Å². The first kappa shape index (κ1) is 25.2. The van der Waals surface area contributed by atoms with Crippen molar-refractivity contribution in [3.05, 3.63) is 83.0 Å². The number of Topliss-reactive ketones (excluding diaryl/α,β-unsaturated/α-hetero) is 1. The standard InChI is InChI=1S/C31H41N3O/c1-8-31(9-2,24-17-15-23(16-18-24)29(3,4)5)20-27(35)25-21-32-34-28(25)33-26(19-30(34,6)7)22-13-11-10-12-14-22/h10-18,21,26,33H,8-9,19-20H2,1-7H3/t26-/m1/s1. The van der Waals surface area contributed by atoms with Crippen molar-refractivity contribution in [1.29, 1.82) is 0 Å². The van der Waals surface area contributed by atoms with Crippen molar-refractivity contribution in [2.24, 2.45) is 0 Å². The lowest BCUT2D eigenvalue weighted by atomic mass is 9.71. The summed E-state index contributed by atoms with van der Waals surface area (Å²) in [7, 11) is 0. The van der Waals surface area contributed by atoms with Crippen LogP contribution in [0, 0.1) is 0 Å². The molecular weight excluding hydrogens is 430 g/mol. The van der Waals surface area contributed by atoms with E-state index in [1.54, 1.807) is 6.20 Å². The number of hydrogen-bond acceptors (Lipinski definition) is 3. The van der Waals surface area contributed by atoms with Crippen LogP contribution in [0.15, 0.2) is 60.8 Å². The minimum absolute atomic E-state index is 0.112. The number of rotatable bonds is 7. The Hall–Kier alpha value is -2.88. The SMILES string of the molecule is CCC(CC)(CC(=O)c1cnn2c1N[C@@H](c1ccccc1)CC2(C)C)c1ccc(C(C)(C)C)cc1. The third-order valence-corrected chi connectivity index (χ3v) is 8.08. The Bertz CT molecular complexity index is 1160. The molecule has 0 aliphatic carbocycles. The number of carbonyl (C=O) groups excluding carboxylic acids is 1. The van der Waals surface area contributed by atoms with Crippen LogP contribution in [-0.2, 0) is 16.4 Å². The van der Waals surface area contributed by atoms with Gasteiger partial charge in [0.15, 0.2) is 5.78 Å². The fraction of sp³-hybridized carbons (Fsp3) is 0.484. The molecule has 0 fully saturated rings. The number of aromatic nitrogens is 2. The Morgan fingerprint density at radius 2 is 1.60 bits per heavy atom. The zero-order valence-electron chi connectivity index (χ0n) is 22.5. The lowest BCUT2D eigenvalue weighted by Gasteiger charge is -2.38. The summed E-state index contributed by atoms with van der Waals surface area (Å²) in [5.74, 6) is 1.01. The van der Waals surface area contributed by atoms with E-state index in [1.165, 1.54) is 16.7 Å². The summed E-state index contributed by atoms with van der Waals surface area (Å²) < 4.78 is 2.01. The van der Waals surface area contributed by atoms with E-state index >= 15 is 0 Å². The van der Waals surface area contributed by atoms with Gasteiger partial charge < -0.3 is 5.32 Å². The summed E-state index contributed by atoms with van der Waals surface area (Å²) in [5.41, 5.74) is 4.25. The van der Waals surface area contributed by atoms with E-state index in [9.17, 15) is 4.79 Å². The van der Waals surface area contributed by atoms with Gasteiger partial charge in [-0.3, -0.25) is 4.79 Å². The minimum atomic E-state index is -0.189. The Balaban J connectivity index is 1.65. The van der Waals surface area contributed by atoms with E-state index < -0.39 is 0 Å². The highest BCUT2D eigenvalue weighted by Crippen LogP contribution is 2.42. The third kappa shape index (κ3) is 4.80. The summed E-state index contributed by atoms with van der Waals surface area (Å²) >= 11 is 0. The van der Waals surface area contributed by atoms with Gasteiger partial charge in [0.05, 0.1) is 23.3 Å². The zero-order valence-corrected chi connectivity index (χ0v) is 22.5. The van der Waals surface area contributed by atoms with Crippen molar-refractivity contribution >= 4 is 11.6 Å². The van der Waals surface area contributed by atoms with Crippen LogP contribution in [0.25, 0.3) is 0 Å². The third-order valence-electron chi connectivity index (χ3n) is 8.08. The molecular formula is C31H41N3O. The molecule has 2 aromatic carbocycles. The van der Waals surface area contributed by atoms with Gasteiger partial charge >= 0.3 is 0 Å². The fourth-order valence-electron chi connectivity index (χ4n) is 5.58. The number of benzene rings is 2. The lowest BCUT2D eigenvalue weighted by molar-refractivity contribution is 0.0944. The van der Waals surface area contributed by atoms with Crippen molar-refractivity contribution in [2.45, 2.75) is 96.6 Å². The van der Waals surface area contributed by atoms with E-state index in [0.29, 0.717) is 12.0 Å². The van der Waals surface area contributed by atoms with Crippen LogP contribution >= 0.6 is 0 Å². The Labute approximate surface area is 211 Å². The molecule has 4 nitrogen and oxygen atoms in total. The summed E-state index contributed by atoms with van der Waals surface area (Å²) in [6, 6.07) is 19.6. The fourth-order valence-corrected chi connectivity index (χ4v) is 5.58. The molecule has 1 atom stereocenters. The Morgan fingerprint density at radius 1 is 1.00 bits per heavy atom. The first-order chi connectivity index (χ1) is 16.5. The van der Waals surface area contributed by atoms with Gasteiger partial charge in [0.25, 0.3) is 0 Å². The van der Waals surface area contributed by atoms with Crippen molar-refractivity contribution in [1.82, 2.24) is 9.78 Å². The number of anilines is 1. The summed E-state index contributed by atoms with van der Waals surface area (Å²) in [6.07, 6.45) is 5.00. The molecule has 0 saturated carbocycles. The smallest absolute Gasteiger partial charge is 0.169 e. The molecule has 0 bridgehead atoms. The van der Waals surface area contributed by atoms with Crippen LogP contribution in [-0.4, -0.2) is 15.6 Å². The van der Waals surface area contributed by atoms with Crippen LogP contribution < -0.4 is 5.32 Å². The second-order valence-electron chi connectivity index (χ2n) is 11.9. The van der Waals surface area contributed by atoms with Crippen LogP contribution in [0.4, 0.5) is 5.82 Å². The Morgan fingerprint density at radius 3 is 2.17 bits per heavy atom. The van der Waals surface area contributed by atoms with Gasteiger partial charge in [-0.05, 0) is 55.2 Å². The predicted octanol–water partition coefficient (Wildman–Crippen LogP) is 7.80. The highest BCUT2D eigenvalue weighted by atomic mass is 16.1. The number of nitrogens with zero attached hydrogens (tertiary/aromatic N) is 2. The van der Waals surface area contributed by atoms with Crippen LogP contribution in [0.3, 0.4) is 0 Å². The average Bonchev–Trinajstić information content (AvgIpc) is 3.28. The highest BCUT2D eigenvalue weighted by molar-refractivity contribution is 6.01. The van der Waals surface area contributed by atoms with Gasteiger partial charge in [0.2, 0.25) is 0 Å². The maximum atomic E-state index is 13.9. The molecule has 0 radical (unpaired) electrons. The highest BCUT2D eigenvalue weighted by Gasteiger charge is 2.38. The largest absolute Gasteiger partial charge is 0.363 e. The normalized spacial score (nSPS) is 17.5.